The van der Waals surface area contributed by atoms with Crippen molar-refractivity contribution in [1.82, 2.24) is 10.2 Å². The summed E-state index contributed by atoms with van der Waals surface area (Å²) in [7, 11) is 0. The maximum Gasteiger partial charge on any atom is 0.317 e. The number of hydrogen-bond donors (Lipinski definition) is 2. The molecule has 0 radical (unpaired) electrons. The molecule has 1 aliphatic heterocycles. The van der Waals surface area contributed by atoms with Gasteiger partial charge in [0, 0.05) is 19.1 Å². The van der Waals surface area contributed by atoms with E-state index in [2.05, 4.69) is 12.2 Å². The van der Waals surface area contributed by atoms with Gasteiger partial charge < -0.3 is 15.3 Å². The van der Waals surface area contributed by atoms with Crippen molar-refractivity contribution in [3.05, 3.63) is 0 Å². The molecule has 1 heterocycles. The van der Waals surface area contributed by atoms with Gasteiger partial charge in [-0.25, -0.2) is 4.79 Å². The largest absolute Gasteiger partial charge is 0.481 e. The molecule has 1 unspecified atom stereocenters. The summed E-state index contributed by atoms with van der Waals surface area (Å²) in [5.74, 6) is -0.828. The summed E-state index contributed by atoms with van der Waals surface area (Å²) in [6.07, 6.45) is 6.06. The molecule has 1 atom stereocenters. The lowest BCUT2D eigenvalue weighted by atomic mass is 10.00. The number of urea groups is 1. The van der Waals surface area contributed by atoms with Gasteiger partial charge in [-0.05, 0) is 25.7 Å². The highest BCUT2D eigenvalue weighted by Crippen LogP contribution is 2.19. The maximum absolute atomic E-state index is 12.0. The van der Waals surface area contributed by atoms with Crippen LogP contribution in [0.1, 0.15) is 51.9 Å². The Morgan fingerprint density at radius 3 is 2.78 bits per heavy atom. The molecular weight excluding hydrogens is 232 g/mol. The Hall–Kier alpha value is -1.26. The second kappa shape index (κ2) is 7.95. The van der Waals surface area contributed by atoms with Crippen molar-refractivity contribution in [1.29, 1.82) is 0 Å². The van der Waals surface area contributed by atoms with Crippen molar-refractivity contribution in [3.8, 4) is 0 Å². The predicted octanol–water partition coefficient (Wildman–Crippen LogP) is 2.22. The van der Waals surface area contributed by atoms with Gasteiger partial charge in [0.1, 0.15) is 0 Å². The number of nitrogens with zero attached hydrogens (tertiary/aromatic N) is 1. The normalized spacial score (nSPS) is 19.6. The number of aliphatic carboxylic acids is 1. The minimum Gasteiger partial charge on any atom is -0.481 e. The minimum absolute atomic E-state index is 0.0579. The van der Waals surface area contributed by atoms with Crippen LogP contribution in [0.2, 0.25) is 0 Å². The fourth-order valence-corrected chi connectivity index (χ4v) is 2.35. The Balaban J connectivity index is 2.39. The van der Waals surface area contributed by atoms with Crippen LogP contribution < -0.4 is 5.32 Å². The zero-order valence-corrected chi connectivity index (χ0v) is 11.2. The van der Waals surface area contributed by atoms with Crippen LogP contribution in [0.3, 0.4) is 0 Å². The molecule has 0 spiro atoms. The van der Waals surface area contributed by atoms with Gasteiger partial charge in [0.25, 0.3) is 0 Å². The first-order chi connectivity index (χ1) is 8.65. The molecule has 1 saturated heterocycles. The molecule has 1 fully saturated rings. The number of nitrogens with one attached hydrogen (secondary N) is 1. The van der Waals surface area contributed by atoms with Gasteiger partial charge in [0.2, 0.25) is 0 Å². The number of carboxylic acids is 1. The van der Waals surface area contributed by atoms with E-state index in [-0.39, 0.29) is 18.5 Å². The highest BCUT2D eigenvalue weighted by Gasteiger charge is 2.28. The Morgan fingerprint density at radius 1 is 1.33 bits per heavy atom. The van der Waals surface area contributed by atoms with Gasteiger partial charge in [0.05, 0.1) is 6.42 Å². The summed E-state index contributed by atoms with van der Waals surface area (Å²) in [6, 6.07) is -0.237. The molecule has 5 nitrogen and oxygen atoms in total. The monoisotopic (exact) mass is 256 g/mol. The lowest BCUT2D eigenvalue weighted by molar-refractivity contribution is -0.138. The Bertz CT molecular complexity index is 281. The summed E-state index contributed by atoms with van der Waals surface area (Å²) in [5, 5.41) is 11.7. The van der Waals surface area contributed by atoms with Crippen LogP contribution in [0, 0.1) is 0 Å². The van der Waals surface area contributed by atoms with Crippen molar-refractivity contribution in [2.45, 2.75) is 57.9 Å². The lowest BCUT2D eigenvalue weighted by Gasteiger charge is -2.34. The molecule has 0 bridgehead atoms. The van der Waals surface area contributed by atoms with Crippen molar-refractivity contribution in [2.24, 2.45) is 0 Å². The molecule has 0 aliphatic carbocycles. The van der Waals surface area contributed by atoms with Gasteiger partial charge in [-0.3, -0.25) is 4.79 Å². The number of carbonyl (C=O) groups excluding carboxylic acids is 1. The van der Waals surface area contributed by atoms with E-state index in [1.54, 1.807) is 4.90 Å². The van der Waals surface area contributed by atoms with E-state index in [4.69, 9.17) is 5.11 Å². The average Bonchev–Trinajstić information content (AvgIpc) is 2.34. The van der Waals surface area contributed by atoms with Crippen LogP contribution >= 0.6 is 0 Å². The molecule has 0 aromatic carbocycles. The van der Waals surface area contributed by atoms with E-state index in [1.807, 2.05) is 0 Å². The fourth-order valence-electron chi connectivity index (χ4n) is 2.35. The van der Waals surface area contributed by atoms with Crippen molar-refractivity contribution < 1.29 is 14.7 Å². The molecular formula is C13H24N2O3. The second-order valence-corrected chi connectivity index (χ2v) is 4.88. The first-order valence-corrected chi connectivity index (χ1v) is 6.91. The van der Waals surface area contributed by atoms with Gasteiger partial charge >= 0.3 is 12.0 Å². The van der Waals surface area contributed by atoms with Gasteiger partial charge in [-0.15, -0.1) is 0 Å². The van der Waals surface area contributed by atoms with Gasteiger partial charge in [-0.1, -0.05) is 19.8 Å². The van der Waals surface area contributed by atoms with Crippen molar-refractivity contribution in [2.75, 3.05) is 13.1 Å². The lowest BCUT2D eigenvalue weighted by Crippen LogP contribution is -2.49. The molecule has 1 aliphatic rings. The second-order valence-electron chi connectivity index (χ2n) is 4.88. The van der Waals surface area contributed by atoms with Crippen molar-refractivity contribution >= 4 is 12.0 Å². The van der Waals surface area contributed by atoms with Crippen molar-refractivity contribution in [3.63, 3.8) is 0 Å². The Morgan fingerprint density at radius 2 is 2.11 bits per heavy atom. The predicted molar refractivity (Wildman–Crippen MR) is 69.5 cm³/mol. The van der Waals surface area contributed by atoms with Gasteiger partial charge in [-0.2, -0.15) is 0 Å². The third kappa shape index (κ3) is 4.94. The number of piperidine rings is 1. The van der Waals surface area contributed by atoms with E-state index in [0.29, 0.717) is 13.1 Å². The molecule has 0 saturated carbocycles. The topological polar surface area (TPSA) is 69.6 Å². The minimum atomic E-state index is -0.828. The van der Waals surface area contributed by atoms with Gasteiger partial charge in [0.15, 0.2) is 0 Å². The standard InChI is InChI=1S/C13H24N2O3/c1-2-3-5-8-14-13(18)15-9-6-4-7-11(15)10-12(16)17/h11H,2-10H2,1H3,(H,14,18)(H,16,17). The first kappa shape index (κ1) is 14.8. The van der Waals surface area contributed by atoms with E-state index in [0.717, 1.165) is 38.5 Å². The van der Waals surface area contributed by atoms with E-state index < -0.39 is 5.97 Å². The molecule has 18 heavy (non-hydrogen) atoms. The molecule has 2 N–H and O–H groups in total. The third-order valence-corrected chi connectivity index (χ3v) is 3.35. The molecule has 2 amide bonds. The summed E-state index contributed by atoms with van der Waals surface area (Å²) < 4.78 is 0. The first-order valence-electron chi connectivity index (χ1n) is 6.91. The van der Waals surface area contributed by atoms with Crippen LogP contribution in [0.5, 0.6) is 0 Å². The van der Waals surface area contributed by atoms with E-state index in [9.17, 15) is 9.59 Å². The fraction of sp³-hybridized carbons (Fsp3) is 0.846. The molecule has 104 valence electrons. The Labute approximate surface area is 109 Å². The summed E-state index contributed by atoms with van der Waals surface area (Å²) >= 11 is 0. The zero-order chi connectivity index (χ0) is 13.4. The number of carbonyl (C=O) groups is 2. The molecule has 0 aromatic heterocycles. The van der Waals surface area contributed by atoms with Crippen LogP contribution in [-0.4, -0.2) is 41.1 Å². The summed E-state index contributed by atoms with van der Waals surface area (Å²) in [5.41, 5.74) is 0. The Kier molecular flexibility index (Phi) is 6.54. The summed E-state index contributed by atoms with van der Waals surface area (Å²) in [4.78, 5) is 24.4. The van der Waals surface area contributed by atoms with Crippen LogP contribution in [0.15, 0.2) is 0 Å². The third-order valence-electron chi connectivity index (χ3n) is 3.35. The molecule has 0 aromatic rings. The number of likely N-dealkylation sites (tertiary alicyclic amines) is 1. The van der Waals surface area contributed by atoms with Crippen LogP contribution in [-0.2, 0) is 4.79 Å². The number of hydrogen-bond acceptors (Lipinski definition) is 2. The number of unbranched alkanes of at least 4 members (excludes halogenated alkanes) is 2. The van der Waals surface area contributed by atoms with Crippen LogP contribution in [0.25, 0.3) is 0 Å². The van der Waals surface area contributed by atoms with E-state index >= 15 is 0 Å². The molecule has 1 rings (SSSR count). The highest BCUT2D eigenvalue weighted by atomic mass is 16.4. The number of rotatable bonds is 6. The smallest absolute Gasteiger partial charge is 0.317 e. The van der Waals surface area contributed by atoms with Crippen LogP contribution in [0.4, 0.5) is 4.79 Å². The molecule has 5 heteroatoms. The summed E-state index contributed by atoms with van der Waals surface area (Å²) in [6.45, 7) is 3.48. The SMILES string of the molecule is CCCCCNC(=O)N1CCCCC1CC(=O)O. The number of amides is 2. The zero-order valence-electron chi connectivity index (χ0n) is 11.2. The van der Waals surface area contributed by atoms with E-state index in [1.165, 1.54) is 0 Å². The number of carboxylic acid groups (broad SMARTS) is 1. The maximum atomic E-state index is 12.0. The highest BCUT2D eigenvalue weighted by molar-refractivity contribution is 5.76. The quantitative estimate of drug-likeness (QED) is 0.716. The average molecular weight is 256 g/mol.